The summed E-state index contributed by atoms with van der Waals surface area (Å²) in [5, 5.41) is 9.73. The van der Waals surface area contributed by atoms with Gasteiger partial charge in [0.2, 0.25) is 0 Å². The number of hydrogen-bond acceptors (Lipinski definition) is 4. The summed E-state index contributed by atoms with van der Waals surface area (Å²) in [6.07, 6.45) is 2.72. The van der Waals surface area contributed by atoms with E-state index in [0.717, 1.165) is 24.6 Å². The highest BCUT2D eigenvalue weighted by atomic mass is 16.3. The lowest BCUT2D eigenvalue weighted by Gasteiger charge is -2.16. The Balaban J connectivity index is 1.66. The number of nitrogens with one attached hydrogen (secondary N) is 1. The fourth-order valence-electron chi connectivity index (χ4n) is 6.15. The van der Waals surface area contributed by atoms with Crippen LogP contribution in [0.2, 0.25) is 0 Å². The highest BCUT2D eigenvalue weighted by molar-refractivity contribution is 5.70. The van der Waals surface area contributed by atoms with E-state index in [1.165, 1.54) is 11.0 Å². The molecule has 2 aromatic heterocycles. The highest BCUT2D eigenvalue weighted by Crippen LogP contribution is 2.78. The van der Waals surface area contributed by atoms with Crippen LogP contribution in [-0.4, -0.2) is 30.8 Å². The van der Waals surface area contributed by atoms with E-state index < -0.39 is 0 Å². The third kappa shape index (κ3) is 1.89. The summed E-state index contributed by atoms with van der Waals surface area (Å²) in [6, 6.07) is 0. The van der Waals surface area contributed by atoms with E-state index in [0.29, 0.717) is 53.8 Å². The largest absolute Gasteiger partial charge is 0.396 e. The normalized spacial score (nSPS) is 34.1. The van der Waals surface area contributed by atoms with Gasteiger partial charge in [-0.3, -0.25) is 13.9 Å². The molecular formula is C19H26N4O3. The molecule has 4 bridgehead atoms. The minimum Gasteiger partial charge on any atom is -0.396 e. The minimum atomic E-state index is -0.255. The zero-order chi connectivity index (χ0) is 18.2. The lowest BCUT2D eigenvalue weighted by molar-refractivity contribution is 0.192. The first kappa shape index (κ1) is 16.3. The van der Waals surface area contributed by atoms with Crippen molar-refractivity contribution in [2.75, 3.05) is 6.61 Å². The molecule has 0 amide bonds. The monoisotopic (exact) mass is 358 g/mol. The van der Waals surface area contributed by atoms with E-state index in [9.17, 15) is 14.7 Å². The van der Waals surface area contributed by atoms with Gasteiger partial charge in [-0.05, 0) is 48.9 Å². The van der Waals surface area contributed by atoms with Crippen LogP contribution in [0.25, 0.3) is 11.2 Å². The van der Waals surface area contributed by atoms with Gasteiger partial charge in [0.1, 0.15) is 11.3 Å². The maximum absolute atomic E-state index is 12.9. The Morgan fingerprint density at radius 1 is 1.12 bits per heavy atom. The van der Waals surface area contributed by atoms with E-state index in [4.69, 9.17) is 4.98 Å². The molecule has 4 fully saturated rings. The summed E-state index contributed by atoms with van der Waals surface area (Å²) < 4.78 is 2.99. The molecule has 0 saturated heterocycles. The second-order valence-corrected chi connectivity index (χ2v) is 8.30. The summed E-state index contributed by atoms with van der Waals surface area (Å²) in [5.74, 6) is 3.97. The molecule has 4 aliphatic rings. The standard InChI is InChI=1S/C19H26N4O3/c1-3-5-22-17-15(18(25)23(6-4-2)19(22)26)20-16(21-17)14-9-7-10-12(13(10)14)11(9)8-24/h9-14,24H,3-8H2,1-2H3,(H,20,21). The number of aromatic nitrogens is 4. The van der Waals surface area contributed by atoms with Crippen molar-refractivity contribution in [1.29, 1.82) is 0 Å². The van der Waals surface area contributed by atoms with Crippen molar-refractivity contribution < 1.29 is 5.11 Å². The van der Waals surface area contributed by atoms with Gasteiger partial charge >= 0.3 is 5.69 Å². The van der Waals surface area contributed by atoms with Gasteiger partial charge in [0.15, 0.2) is 5.65 Å². The quantitative estimate of drug-likeness (QED) is 0.814. The van der Waals surface area contributed by atoms with Crippen LogP contribution in [0, 0.1) is 29.6 Å². The number of fused-ring (bicyclic) bond motifs is 1. The molecule has 6 unspecified atom stereocenters. The Labute approximate surface area is 151 Å². The van der Waals surface area contributed by atoms with Crippen LogP contribution in [-0.2, 0) is 13.1 Å². The first-order chi connectivity index (χ1) is 12.6. The van der Waals surface area contributed by atoms with E-state index in [1.54, 1.807) is 4.57 Å². The summed E-state index contributed by atoms with van der Waals surface area (Å²) in [4.78, 5) is 33.7. The van der Waals surface area contributed by atoms with Gasteiger partial charge < -0.3 is 10.1 Å². The first-order valence-electron chi connectivity index (χ1n) is 9.96. The van der Waals surface area contributed by atoms with Crippen LogP contribution in [0.15, 0.2) is 9.59 Å². The molecule has 4 saturated carbocycles. The number of nitrogens with zero attached hydrogens (tertiary/aromatic N) is 3. The summed E-state index contributed by atoms with van der Waals surface area (Å²) in [6.45, 7) is 5.23. The summed E-state index contributed by atoms with van der Waals surface area (Å²) >= 11 is 0. The molecule has 6 atom stereocenters. The molecule has 2 heterocycles. The first-order valence-corrected chi connectivity index (χ1v) is 9.96. The Kier molecular flexibility index (Phi) is 3.48. The third-order valence-corrected chi connectivity index (χ3v) is 7.06. The van der Waals surface area contributed by atoms with Crippen LogP contribution < -0.4 is 11.2 Å². The molecule has 0 spiro atoms. The number of aromatic amines is 1. The zero-order valence-electron chi connectivity index (χ0n) is 15.3. The Morgan fingerprint density at radius 2 is 1.85 bits per heavy atom. The van der Waals surface area contributed by atoms with Gasteiger partial charge in [0, 0.05) is 25.6 Å². The molecule has 6 rings (SSSR count). The molecule has 26 heavy (non-hydrogen) atoms. The van der Waals surface area contributed by atoms with Crippen molar-refractivity contribution in [3.8, 4) is 0 Å². The van der Waals surface area contributed by atoms with Crippen molar-refractivity contribution in [1.82, 2.24) is 19.1 Å². The van der Waals surface area contributed by atoms with Crippen molar-refractivity contribution in [2.24, 2.45) is 29.6 Å². The maximum Gasteiger partial charge on any atom is 0.332 e. The number of hydrogen-bond donors (Lipinski definition) is 2. The third-order valence-electron chi connectivity index (χ3n) is 7.06. The molecule has 7 heteroatoms. The fraction of sp³-hybridized carbons (Fsp3) is 0.737. The number of aliphatic hydroxyl groups is 1. The smallest absolute Gasteiger partial charge is 0.332 e. The van der Waals surface area contributed by atoms with E-state index >= 15 is 0 Å². The SMILES string of the molecule is CCCn1c(=O)c2[nH]c(C3C4CC5C(C4CO)C53)nc2n(CCC)c1=O. The van der Waals surface area contributed by atoms with Crippen LogP contribution in [0.1, 0.15) is 44.9 Å². The molecule has 4 aliphatic carbocycles. The van der Waals surface area contributed by atoms with Gasteiger partial charge in [-0.2, -0.15) is 0 Å². The number of aryl methyl sites for hydroxylation is 1. The van der Waals surface area contributed by atoms with Gasteiger partial charge in [-0.25, -0.2) is 9.78 Å². The second-order valence-electron chi connectivity index (χ2n) is 8.30. The molecule has 0 aliphatic heterocycles. The Bertz CT molecular complexity index is 987. The lowest BCUT2D eigenvalue weighted by atomic mass is 9.91. The van der Waals surface area contributed by atoms with Crippen molar-refractivity contribution in [3.63, 3.8) is 0 Å². The van der Waals surface area contributed by atoms with Crippen LogP contribution in [0.3, 0.4) is 0 Å². The predicted octanol–water partition coefficient (Wildman–Crippen LogP) is 1.29. The number of rotatable bonds is 6. The van der Waals surface area contributed by atoms with Crippen molar-refractivity contribution in [2.45, 2.75) is 52.1 Å². The highest BCUT2D eigenvalue weighted by Gasteiger charge is 2.73. The summed E-state index contributed by atoms with van der Waals surface area (Å²) in [5.41, 5.74) is 0.459. The fourth-order valence-corrected chi connectivity index (χ4v) is 6.15. The topological polar surface area (TPSA) is 92.9 Å². The van der Waals surface area contributed by atoms with E-state index in [2.05, 4.69) is 4.98 Å². The number of imidazole rings is 1. The van der Waals surface area contributed by atoms with Crippen molar-refractivity contribution >= 4 is 11.2 Å². The molecule has 2 aromatic rings. The molecule has 2 N–H and O–H groups in total. The Morgan fingerprint density at radius 3 is 2.46 bits per heavy atom. The van der Waals surface area contributed by atoms with Gasteiger partial charge in [0.25, 0.3) is 5.56 Å². The molecule has 140 valence electrons. The van der Waals surface area contributed by atoms with E-state index in [-0.39, 0.29) is 17.9 Å². The predicted molar refractivity (Wildman–Crippen MR) is 97.1 cm³/mol. The molecule has 7 nitrogen and oxygen atoms in total. The molecule has 0 aromatic carbocycles. The number of aliphatic hydroxyl groups excluding tert-OH is 1. The van der Waals surface area contributed by atoms with Crippen LogP contribution in [0.4, 0.5) is 0 Å². The van der Waals surface area contributed by atoms with Crippen molar-refractivity contribution in [3.05, 3.63) is 26.7 Å². The zero-order valence-corrected chi connectivity index (χ0v) is 15.3. The maximum atomic E-state index is 12.9. The van der Waals surface area contributed by atoms with Gasteiger partial charge in [-0.15, -0.1) is 0 Å². The summed E-state index contributed by atoms with van der Waals surface area (Å²) in [7, 11) is 0. The average molecular weight is 358 g/mol. The average Bonchev–Trinajstić information content (AvgIpc) is 3.06. The number of H-pyrrole nitrogens is 1. The van der Waals surface area contributed by atoms with Crippen LogP contribution >= 0.6 is 0 Å². The minimum absolute atomic E-state index is 0.252. The molecular weight excluding hydrogens is 332 g/mol. The van der Waals surface area contributed by atoms with Gasteiger partial charge in [0.05, 0.1) is 0 Å². The molecule has 0 radical (unpaired) electrons. The van der Waals surface area contributed by atoms with Gasteiger partial charge in [-0.1, -0.05) is 13.8 Å². The Hall–Kier alpha value is -1.89. The lowest BCUT2D eigenvalue weighted by Crippen LogP contribution is -2.40. The second kappa shape index (κ2) is 5.55. The van der Waals surface area contributed by atoms with Crippen LogP contribution in [0.5, 0.6) is 0 Å². The van der Waals surface area contributed by atoms with E-state index in [1.807, 2.05) is 13.8 Å².